The molecule has 0 aliphatic rings. The highest BCUT2D eigenvalue weighted by atomic mass is 19.1. The highest BCUT2D eigenvalue weighted by molar-refractivity contribution is 5.92. The third-order valence-electron chi connectivity index (χ3n) is 2.55. The van der Waals surface area contributed by atoms with Gasteiger partial charge in [-0.05, 0) is 42.0 Å². The Morgan fingerprint density at radius 1 is 1.21 bits per heavy atom. The fraction of sp³-hybridized carbons (Fsp3) is 0.0667. The average molecular weight is 254 g/mol. The smallest absolute Gasteiger partial charge is 0.228 e. The Kier molecular flexibility index (Phi) is 3.89. The summed E-state index contributed by atoms with van der Waals surface area (Å²) in [6.45, 7) is 0. The lowest BCUT2D eigenvalue weighted by Crippen LogP contribution is -2.14. The van der Waals surface area contributed by atoms with E-state index >= 15 is 0 Å². The van der Waals surface area contributed by atoms with Gasteiger partial charge >= 0.3 is 0 Å². The molecule has 0 spiro atoms. The number of halogens is 1. The molecule has 94 valence electrons. The molecule has 0 fully saturated rings. The van der Waals surface area contributed by atoms with Crippen LogP contribution in [-0.4, -0.2) is 5.91 Å². The lowest BCUT2D eigenvalue weighted by molar-refractivity contribution is -0.115. The van der Waals surface area contributed by atoms with E-state index in [0.29, 0.717) is 16.8 Å². The Morgan fingerprint density at radius 3 is 2.58 bits per heavy atom. The number of anilines is 1. The monoisotopic (exact) mass is 254 g/mol. The van der Waals surface area contributed by atoms with Crippen molar-refractivity contribution in [3.05, 3.63) is 65.5 Å². The SMILES string of the molecule is N#Cc1ccc(NC(=O)Cc2cccc(F)c2)cc1. The van der Waals surface area contributed by atoms with E-state index in [0.717, 1.165) is 0 Å². The second-order valence-electron chi connectivity index (χ2n) is 4.04. The zero-order chi connectivity index (χ0) is 13.7. The summed E-state index contributed by atoms with van der Waals surface area (Å²) in [6, 6.07) is 14.5. The molecule has 0 heterocycles. The summed E-state index contributed by atoms with van der Waals surface area (Å²) in [5.74, 6) is -0.584. The molecule has 2 rings (SSSR count). The van der Waals surface area contributed by atoms with Crippen molar-refractivity contribution in [2.45, 2.75) is 6.42 Å². The molecule has 0 aliphatic carbocycles. The van der Waals surface area contributed by atoms with Crippen LogP contribution in [0.3, 0.4) is 0 Å². The topological polar surface area (TPSA) is 52.9 Å². The Bertz CT molecular complexity index is 629. The van der Waals surface area contributed by atoms with E-state index in [9.17, 15) is 9.18 Å². The number of hydrogen-bond donors (Lipinski definition) is 1. The first kappa shape index (κ1) is 12.8. The van der Waals surface area contributed by atoms with Crippen LogP contribution in [0, 0.1) is 17.1 Å². The number of benzene rings is 2. The molecule has 2 aromatic carbocycles. The molecule has 0 radical (unpaired) electrons. The second kappa shape index (κ2) is 5.78. The van der Waals surface area contributed by atoms with Crippen molar-refractivity contribution >= 4 is 11.6 Å². The molecule has 0 saturated heterocycles. The molecular weight excluding hydrogens is 243 g/mol. The van der Waals surface area contributed by atoms with Crippen LogP contribution in [0.2, 0.25) is 0 Å². The van der Waals surface area contributed by atoms with Crippen molar-refractivity contribution in [1.82, 2.24) is 0 Å². The first-order valence-corrected chi connectivity index (χ1v) is 5.72. The molecular formula is C15H11FN2O. The molecule has 2 aromatic rings. The van der Waals surface area contributed by atoms with E-state index in [1.807, 2.05) is 6.07 Å². The first-order valence-electron chi connectivity index (χ1n) is 5.72. The fourth-order valence-electron chi connectivity index (χ4n) is 1.67. The van der Waals surface area contributed by atoms with Gasteiger partial charge in [0, 0.05) is 5.69 Å². The van der Waals surface area contributed by atoms with E-state index in [-0.39, 0.29) is 18.1 Å². The normalized spacial score (nSPS) is 9.68. The third-order valence-corrected chi connectivity index (χ3v) is 2.55. The largest absolute Gasteiger partial charge is 0.326 e. The molecule has 0 bridgehead atoms. The summed E-state index contributed by atoms with van der Waals surface area (Å²) in [6.07, 6.45) is 0.109. The molecule has 0 unspecified atom stereocenters. The van der Waals surface area contributed by atoms with Crippen molar-refractivity contribution in [2.75, 3.05) is 5.32 Å². The number of hydrogen-bond acceptors (Lipinski definition) is 2. The zero-order valence-electron chi connectivity index (χ0n) is 10.1. The number of rotatable bonds is 3. The molecule has 0 aliphatic heterocycles. The van der Waals surface area contributed by atoms with Gasteiger partial charge in [-0.15, -0.1) is 0 Å². The maximum atomic E-state index is 13.0. The molecule has 0 saturated carbocycles. The fourth-order valence-corrected chi connectivity index (χ4v) is 1.67. The van der Waals surface area contributed by atoms with Crippen molar-refractivity contribution in [3.63, 3.8) is 0 Å². The Morgan fingerprint density at radius 2 is 1.95 bits per heavy atom. The summed E-state index contributed by atoms with van der Waals surface area (Å²) in [4.78, 5) is 11.7. The maximum Gasteiger partial charge on any atom is 0.228 e. The van der Waals surface area contributed by atoms with Gasteiger partial charge in [0.05, 0.1) is 18.1 Å². The van der Waals surface area contributed by atoms with Gasteiger partial charge in [-0.3, -0.25) is 4.79 Å². The van der Waals surface area contributed by atoms with Gasteiger partial charge in [0.2, 0.25) is 5.91 Å². The molecule has 0 aromatic heterocycles. The lowest BCUT2D eigenvalue weighted by atomic mass is 10.1. The minimum absolute atomic E-state index is 0.109. The summed E-state index contributed by atoms with van der Waals surface area (Å²) in [5.41, 5.74) is 1.76. The summed E-state index contributed by atoms with van der Waals surface area (Å²) < 4.78 is 13.0. The maximum absolute atomic E-state index is 13.0. The highest BCUT2D eigenvalue weighted by Gasteiger charge is 2.05. The number of nitrogens with one attached hydrogen (secondary N) is 1. The first-order chi connectivity index (χ1) is 9.17. The van der Waals surface area contributed by atoms with Crippen molar-refractivity contribution in [1.29, 1.82) is 5.26 Å². The Labute approximate surface area is 110 Å². The average Bonchev–Trinajstić information content (AvgIpc) is 2.39. The van der Waals surface area contributed by atoms with Gasteiger partial charge in [-0.1, -0.05) is 12.1 Å². The molecule has 19 heavy (non-hydrogen) atoms. The number of carbonyl (C=O) groups is 1. The quantitative estimate of drug-likeness (QED) is 0.915. The minimum Gasteiger partial charge on any atom is -0.326 e. The van der Waals surface area contributed by atoms with E-state index < -0.39 is 0 Å². The van der Waals surface area contributed by atoms with E-state index in [4.69, 9.17) is 5.26 Å². The van der Waals surface area contributed by atoms with Gasteiger partial charge in [0.15, 0.2) is 0 Å². The number of nitriles is 1. The predicted molar refractivity (Wildman–Crippen MR) is 69.9 cm³/mol. The number of amides is 1. The van der Waals surface area contributed by atoms with Gasteiger partial charge < -0.3 is 5.32 Å². The van der Waals surface area contributed by atoms with Gasteiger partial charge in [-0.2, -0.15) is 5.26 Å². The van der Waals surface area contributed by atoms with Crippen LogP contribution in [0.15, 0.2) is 48.5 Å². The predicted octanol–water partition coefficient (Wildman–Crippen LogP) is 2.88. The van der Waals surface area contributed by atoms with Gasteiger partial charge in [0.1, 0.15) is 5.82 Å². The van der Waals surface area contributed by atoms with Crippen molar-refractivity contribution in [3.8, 4) is 6.07 Å². The van der Waals surface area contributed by atoms with Crippen LogP contribution in [-0.2, 0) is 11.2 Å². The molecule has 4 heteroatoms. The van der Waals surface area contributed by atoms with Crippen LogP contribution in [0.4, 0.5) is 10.1 Å². The highest BCUT2D eigenvalue weighted by Crippen LogP contribution is 2.10. The Hall–Kier alpha value is -2.67. The third kappa shape index (κ3) is 3.65. The zero-order valence-corrected chi connectivity index (χ0v) is 10.1. The van der Waals surface area contributed by atoms with Crippen molar-refractivity contribution in [2.24, 2.45) is 0 Å². The molecule has 0 atom stereocenters. The lowest BCUT2D eigenvalue weighted by Gasteiger charge is -2.05. The van der Waals surface area contributed by atoms with Gasteiger partial charge in [0.25, 0.3) is 0 Å². The van der Waals surface area contributed by atoms with Crippen LogP contribution >= 0.6 is 0 Å². The number of nitrogens with zero attached hydrogens (tertiary/aromatic N) is 1. The van der Waals surface area contributed by atoms with E-state index in [1.165, 1.54) is 12.1 Å². The second-order valence-corrected chi connectivity index (χ2v) is 4.04. The summed E-state index contributed by atoms with van der Waals surface area (Å²) in [7, 11) is 0. The Balaban J connectivity index is 1.99. The minimum atomic E-state index is -0.358. The van der Waals surface area contributed by atoms with E-state index in [1.54, 1.807) is 36.4 Å². The molecule has 1 amide bonds. The van der Waals surface area contributed by atoms with Crippen LogP contribution in [0.1, 0.15) is 11.1 Å². The van der Waals surface area contributed by atoms with E-state index in [2.05, 4.69) is 5.32 Å². The van der Waals surface area contributed by atoms with Crippen LogP contribution < -0.4 is 5.32 Å². The molecule has 3 nitrogen and oxygen atoms in total. The van der Waals surface area contributed by atoms with Crippen LogP contribution in [0.5, 0.6) is 0 Å². The summed E-state index contributed by atoms with van der Waals surface area (Å²) >= 11 is 0. The van der Waals surface area contributed by atoms with Gasteiger partial charge in [-0.25, -0.2) is 4.39 Å². The number of carbonyl (C=O) groups excluding carboxylic acids is 1. The van der Waals surface area contributed by atoms with Crippen LogP contribution in [0.25, 0.3) is 0 Å². The van der Waals surface area contributed by atoms with Crippen molar-refractivity contribution < 1.29 is 9.18 Å². The summed E-state index contributed by atoms with van der Waals surface area (Å²) in [5, 5.41) is 11.3. The standard InChI is InChI=1S/C15H11FN2O/c16-13-3-1-2-12(8-13)9-15(19)18-14-6-4-11(10-17)5-7-14/h1-8H,9H2,(H,18,19). The molecule has 1 N–H and O–H groups in total.